The Bertz CT molecular complexity index is 337. The zero-order valence-electron chi connectivity index (χ0n) is 9.56. The van der Waals surface area contributed by atoms with Gasteiger partial charge in [0.2, 0.25) is 5.91 Å². The Labute approximate surface area is 102 Å². The summed E-state index contributed by atoms with van der Waals surface area (Å²) in [6.07, 6.45) is 0.391. The highest BCUT2D eigenvalue weighted by atomic mass is 32.1. The number of amides is 1. The van der Waals surface area contributed by atoms with E-state index in [9.17, 15) is 4.79 Å². The van der Waals surface area contributed by atoms with Crippen LogP contribution in [-0.2, 0) is 16.0 Å². The smallest absolute Gasteiger partial charge is 0.224 e. The van der Waals surface area contributed by atoms with Crippen molar-refractivity contribution < 1.29 is 9.53 Å². The lowest BCUT2D eigenvalue weighted by Gasteiger charge is -2.12. The first kappa shape index (κ1) is 13.1. The first-order valence-electron chi connectivity index (χ1n) is 5.18. The Kier molecular flexibility index (Phi) is 5.35. The highest BCUT2D eigenvalue weighted by molar-refractivity contribution is 7.80. The second-order valence-corrected chi connectivity index (χ2v) is 4.28. The van der Waals surface area contributed by atoms with Gasteiger partial charge in [0.1, 0.15) is 0 Å². The van der Waals surface area contributed by atoms with Gasteiger partial charge < -0.3 is 10.1 Å². The van der Waals surface area contributed by atoms with Crippen molar-refractivity contribution in [3.63, 3.8) is 0 Å². The van der Waals surface area contributed by atoms with Crippen LogP contribution >= 0.6 is 12.6 Å². The minimum Gasteiger partial charge on any atom is -0.383 e. The number of hydrogen-bond acceptors (Lipinski definition) is 3. The Morgan fingerprint density at radius 1 is 1.44 bits per heavy atom. The Morgan fingerprint density at radius 2 is 2.06 bits per heavy atom. The van der Waals surface area contributed by atoms with Crippen molar-refractivity contribution in [3.05, 3.63) is 29.8 Å². The largest absolute Gasteiger partial charge is 0.383 e. The van der Waals surface area contributed by atoms with Crippen LogP contribution in [0.5, 0.6) is 0 Å². The molecule has 1 unspecified atom stereocenters. The summed E-state index contributed by atoms with van der Waals surface area (Å²) in [6, 6.07) is 7.61. The van der Waals surface area contributed by atoms with Gasteiger partial charge in [-0.3, -0.25) is 4.79 Å². The number of carbonyl (C=O) groups is 1. The van der Waals surface area contributed by atoms with Crippen molar-refractivity contribution >= 4 is 18.5 Å². The van der Waals surface area contributed by atoms with E-state index >= 15 is 0 Å². The van der Waals surface area contributed by atoms with E-state index in [0.29, 0.717) is 13.0 Å². The van der Waals surface area contributed by atoms with Crippen LogP contribution < -0.4 is 5.32 Å². The molecule has 0 bridgehead atoms. The van der Waals surface area contributed by atoms with Gasteiger partial charge in [-0.15, -0.1) is 12.6 Å². The van der Waals surface area contributed by atoms with Gasteiger partial charge in [0, 0.05) is 18.0 Å². The van der Waals surface area contributed by atoms with Crippen LogP contribution in [0.1, 0.15) is 12.5 Å². The fourth-order valence-electron chi connectivity index (χ4n) is 1.42. The fourth-order valence-corrected chi connectivity index (χ4v) is 1.57. The predicted octanol–water partition coefficient (Wildman–Crippen LogP) is 1.67. The first-order chi connectivity index (χ1) is 7.61. The Balaban J connectivity index is 2.42. The quantitative estimate of drug-likeness (QED) is 0.767. The van der Waals surface area contributed by atoms with Crippen molar-refractivity contribution in [2.45, 2.75) is 24.3 Å². The molecule has 0 radical (unpaired) electrons. The summed E-state index contributed by atoms with van der Waals surface area (Å²) in [5.41, 5.74) is 0.986. The van der Waals surface area contributed by atoms with Crippen LogP contribution in [0.2, 0.25) is 0 Å². The molecule has 0 fully saturated rings. The lowest BCUT2D eigenvalue weighted by Crippen LogP contribution is -2.36. The molecule has 0 saturated carbocycles. The normalized spacial score (nSPS) is 12.2. The molecule has 1 aromatic carbocycles. The second-order valence-electron chi connectivity index (χ2n) is 3.77. The molecule has 1 atom stereocenters. The number of thiol groups is 1. The molecule has 0 heterocycles. The zero-order valence-corrected chi connectivity index (χ0v) is 10.5. The highest BCUT2D eigenvalue weighted by Gasteiger charge is 2.07. The van der Waals surface area contributed by atoms with E-state index < -0.39 is 0 Å². The summed E-state index contributed by atoms with van der Waals surface area (Å²) in [5, 5.41) is 2.86. The molecule has 0 spiro atoms. The van der Waals surface area contributed by atoms with Crippen LogP contribution in [0.25, 0.3) is 0 Å². The summed E-state index contributed by atoms with van der Waals surface area (Å²) in [6.45, 7) is 2.44. The van der Waals surface area contributed by atoms with Gasteiger partial charge in [0.05, 0.1) is 13.0 Å². The minimum atomic E-state index is 0.0106. The van der Waals surface area contributed by atoms with E-state index in [0.717, 1.165) is 10.5 Å². The van der Waals surface area contributed by atoms with Crippen LogP contribution in [0.15, 0.2) is 29.2 Å². The van der Waals surface area contributed by atoms with E-state index in [4.69, 9.17) is 4.74 Å². The number of ether oxygens (including phenoxy) is 1. The molecule has 16 heavy (non-hydrogen) atoms. The minimum absolute atomic E-state index is 0.0106. The monoisotopic (exact) mass is 239 g/mol. The molecule has 1 rings (SSSR count). The summed E-state index contributed by atoms with van der Waals surface area (Å²) in [5.74, 6) is 0.0106. The number of methoxy groups -OCH3 is 1. The lowest BCUT2D eigenvalue weighted by atomic mass is 10.1. The molecule has 0 aliphatic heterocycles. The number of nitrogens with one attached hydrogen (secondary N) is 1. The average molecular weight is 239 g/mol. The first-order valence-corrected chi connectivity index (χ1v) is 5.62. The van der Waals surface area contributed by atoms with Gasteiger partial charge in [-0.05, 0) is 24.6 Å². The third-order valence-electron chi connectivity index (χ3n) is 2.13. The molecule has 0 aliphatic carbocycles. The number of hydrogen-bond donors (Lipinski definition) is 2. The van der Waals surface area contributed by atoms with E-state index in [1.807, 2.05) is 31.2 Å². The van der Waals surface area contributed by atoms with Crippen LogP contribution in [0, 0.1) is 0 Å². The SMILES string of the molecule is COCC(C)NC(=O)Cc1ccc(S)cc1. The lowest BCUT2D eigenvalue weighted by molar-refractivity contribution is -0.121. The van der Waals surface area contributed by atoms with Crippen molar-refractivity contribution in [2.24, 2.45) is 0 Å². The standard InChI is InChI=1S/C12H17NO2S/c1-9(8-15-2)13-12(14)7-10-3-5-11(16)6-4-10/h3-6,9,16H,7-8H2,1-2H3,(H,13,14). The van der Waals surface area contributed by atoms with Crippen LogP contribution in [0.4, 0.5) is 0 Å². The molecule has 1 N–H and O–H groups in total. The highest BCUT2D eigenvalue weighted by Crippen LogP contribution is 2.08. The van der Waals surface area contributed by atoms with Gasteiger partial charge in [-0.2, -0.15) is 0 Å². The molecule has 0 aliphatic rings. The Hall–Kier alpha value is -1.00. The van der Waals surface area contributed by atoms with Gasteiger partial charge in [0.25, 0.3) is 0 Å². The van der Waals surface area contributed by atoms with Crippen molar-refractivity contribution in [3.8, 4) is 0 Å². The zero-order chi connectivity index (χ0) is 12.0. The van der Waals surface area contributed by atoms with Gasteiger partial charge in [-0.1, -0.05) is 12.1 Å². The molecule has 0 saturated heterocycles. The van der Waals surface area contributed by atoms with Crippen molar-refractivity contribution in [2.75, 3.05) is 13.7 Å². The molecule has 4 heteroatoms. The topological polar surface area (TPSA) is 38.3 Å². The number of carbonyl (C=O) groups excluding carboxylic acids is 1. The second kappa shape index (κ2) is 6.55. The van der Waals surface area contributed by atoms with Crippen molar-refractivity contribution in [1.82, 2.24) is 5.32 Å². The average Bonchev–Trinajstić information content (AvgIpc) is 2.21. The van der Waals surface area contributed by atoms with Crippen molar-refractivity contribution in [1.29, 1.82) is 0 Å². The molecule has 1 aromatic rings. The van der Waals surface area contributed by atoms with E-state index in [1.165, 1.54) is 0 Å². The molecule has 0 aromatic heterocycles. The third kappa shape index (κ3) is 4.68. The number of benzene rings is 1. The van der Waals surface area contributed by atoms with E-state index in [2.05, 4.69) is 17.9 Å². The third-order valence-corrected chi connectivity index (χ3v) is 2.42. The van der Waals surface area contributed by atoms with Gasteiger partial charge in [0.15, 0.2) is 0 Å². The maximum atomic E-state index is 11.6. The fraction of sp³-hybridized carbons (Fsp3) is 0.417. The van der Waals surface area contributed by atoms with Gasteiger partial charge >= 0.3 is 0 Å². The maximum Gasteiger partial charge on any atom is 0.224 e. The van der Waals surface area contributed by atoms with E-state index in [-0.39, 0.29) is 11.9 Å². The Morgan fingerprint density at radius 3 is 2.62 bits per heavy atom. The molecular weight excluding hydrogens is 222 g/mol. The molecule has 88 valence electrons. The molecule has 1 amide bonds. The number of rotatable bonds is 5. The summed E-state index contributed by atoms with van der Waals surface area (Å²) < 4.78 is 4.95. The molecular formula is C12H17NO2S. The maximum absolute atomic E-state index is 11.6. The summed E-state index contributed by atoms with van der Waals surface area (Å²) in [4.78, 5) is 12.5. The van der Waals surface area contributed by atoms with Crippen LogP contribution in [0.3, 0.4) is 0 Å². The predicted molar refractivity (Wildman–Crippen MR) is 66.9 cm³/mol. The summed E-state index contributed by atoms with van der Waals surface area (Å²) in [7, 11) is 1.62. The van der Waals surface area contributed by atoms with E-state index in [1.54, 1.807) is 7.11 Å². The van der Waals surface area contributed by atoms with Gasteiger partial charge in [-0.25, -0.2) is 0 Å². The van der Waals surface area contributed by atoms with Crippen LogP contribution in [-0.4, -0.2) is 25.7 Å². The molecule has 3 nitrogen and oxygen atoms in total. The summed E-state index contributed by atoms with van der Waals surface area (Å²) >= 11 is 4.19.